The number of aromatic nitrogens is 1. The molecule has 0 saturated heterocycles. The summed E-state index contributed by atoms with van der Waals surface area (Å²) in [5.41, 5.74) is 1.79. The smallest absolute Gasteiger partial charge is 0.268 e. The summed E-state index contributed by atoms with van der Waals surface area (Å²) >= 11 is 3.39. The van der Waals surface area contributed by atoms with Gasteiger partial charge in [0.15, 0.2) is 0 Å². The summed E-state index contributed by atoms with van der Waals surface area (Å²) < 4.78 is 2.66. The van der Waals surface area contributed by atoms with Crippen LogP contribution in [0.3, 0.4) is 0 Å². The molecule has 0 amide bonds. The molecule has 0 spiro atoms. The molecule has 0 bridgehead atoms. The van der Waals surface area contributed by atoms with Gasteiger partial charge in [-0.15, -0.1) is 0 Å². The van der Waals surface area contributed by atoms with E-state index >= 15 is 0 Å². The van der Waals surface area contributed by atoms with Gasteiger partial charge in [-0.1, -0.05) is 35.0 Å². The van der Waals surface area contributed by atoms with Crippen LogP contribution in [-0.2, 0) is 6.54 Å². The zero-order valence-corrected chi connectivity index (χ0v) is 12.1. The molecule has 0 radical (unpaired) electrons. The monoisotopic (exact) mass is 316 g/mol. The molecule has 2 aromatic rings. The van der Waals surface area contributed by atoms with E-state index in [1.54, 1.807) is 10.6 Å². The van der Waals surface area contributed by atoms with Gasteiger partial charge in [0.05, 0.1) is 5.69 Å². The number of pyridine rings is 1. The van der Waals surface area contributed by atoms with Crippen LogP contribution in [0.5, 0.6) is 0 Å². The first-order valence-corrected chi connectivity index (χ1v) is 6.86. The molecule has 0 atom stereocenters. The van der Waals surface area contributed by atoms with Gasteiger partial charge in [0, 0.05) is 11.0 Å². The van der Waals surface area contributed by atoms with Gasteiger partial charge in [0.1, 0.15) is 11.6 Å². The Kier molecular flexibility index (Phi) is 4.18. The van der Waals surface area contributed by atoms with Crippen molar-refractivity contribution < 1.29 is 0 Å². The largest absolute Gasteiger partial charge is 0.307 e. The molecule has 0 aliphatic carbocycles. The maximum atomic E-state index is 12.2. The number of nitrogens with zero attached hydrogens (tertiary/aromatic N) is 2. The quantitative estimate of drug-likeness (QED) is 0.869. The van der Waals surface area contributed by atoms with E-state index in [1.165, 1.54) is 0 Å². The van der Waals surface area contributed by atoms with E-state index in [4.69, 9.17) is 5.26 Å². The van der Waals surface area contributed by atoms with Crippen molar-refractivity contribution in [1.82, 2.24) is 4.57 Å². The van der Waals surface area contributed by atoms with Crippen LogP contribution in [0, 0.1) is 11.3 Å². The summed E-state index contributed by atoms with van der Waals surface area (Å²) in [5.74, 6) is 0. The van der Waals surface area contributed by atoms with E-state index in [0.29, 0.717) is 6.54 Å². The predicted octanol–water partition coefficient (Wildman–Crippen LogP) is 3.56. The molecule has 0 aliphatic rings. The highest BCUT2D eigenvalue weighted by Gasteiger charge is 2.09. The van der Waals surface area contributed by atoms with Crippen LogP contribution in [0.2, 0.25) is 0 Å². The molecule has 4 heteroatoms. The van der Waals surface area contributed by atoms with E-state index in [0.717, 1.165) is 22.2 Å². The topological polar surface area (TPSA) is 45.8 Å². The number of benzene rings is 1. The van der Waals surface area contributed by atoms with E-state index in [1.807, 2.05) is 43.3 Å². The fourth-order valence-electron chi connectivity index (χ4n) is 1.98. The number of rotatable bonds is 3. The zero-order chi connectivity index (χ0) is 13.8. The van der Waals surface area contributed by atoms with Crippen molar-refractivity contribution in [2.75, 3.05) is 0 Å². The minimum absolute atomic E-state index is 0.189. The van der Waals surface area contributed by atoms with Crippen LogP contribution in [0.4, 0.5) is 0 Å². The molecule has 0 aliphatic heterocycles. The van der Waals surface area contributed by atoms with Crippen molar-refractivity contribution >= 4 is 15.9 Å². The SMILES string of the molecule is CCCn1c(-c2ccc(Br)cc2)ccc(C#N)c1=O. The summed E-state index contributed by atoms with van der Waals surface area (Å²) in [6.45, 7) is 2.62. The third kappa shape index (κ3) is 2.77. The van der Waals surface area contributed by atoms with E-state index < -0.39 is 0 Å². The minimum atomic E-state index is -0.218. The summed E-state index contributed by atoms with van der Waals surface area (Å²) in [7, 11) is 0. The number of nitriles is 1. The average molecular weight is 317 g/mol. The molecule has 19 heavy (non-hydrogen) atoms. The molecule has 0 N–H and O–H groups in total. The molecule has 0 saturated carbocycles. The van der Waals surface area contributed by atoms with Gasteiger partial charge in [-0.3, -0.25) is 4.79 Å². The van der Waals surface area contributed by atoms with Crippen LogP contribution in [-0.4, -0.2) is 4.57 Å². The Morgan fingerprint density at radius 1 is 1.21 bits per heavy atom. The van der Waals surface area contributed by atoms with Gasteiger partial charge in [-0.25, -0.2) is 0 Å². The summed E-state index contributed by atoms with van der Waals surface area (Å²) in [6.07, 6.45) is 0.846. The van der Waals surface area contributed by atoms with Gasteiger partial charge >= 0.3 is 0 Å². The summed E-state index contributed by atoms with van der Waals surface area (Å²) in [6, 6.07) is 13.2. The van der Waals surface area contributed by atoms with Crippen molar-refractivity contribution in [1.29, 1.82) is 5.26 Å². The number of hydrogen-bond donors (Lipinski definition) is 0. The van der Waals surface area contributed by atoms with Gasteiger partial charge < -0.3 is 4.57 Å². The molecule has 2 rings (SSSR count). The molecule has 3 nitrogen and oxygen atoms in total. The first-order chi connectivity index (χ1) is 9.17. The third-order valence-electron chi connectivity index (χ3n) is 2.88. The van der Waals surface area contributed by atoms with Crippen molar-refractivity contribution in [2.45, 2.75) is 19.9 Å². The standard InChI is InChI=1S/C15H13BrN2O/c1-2-9-18-14(8-5-12(10-17)15(18)19)11-3-6-13(16)7-4-11/h3-8H,2,9H2,1H3. The Hall–Kier alpha value is -1.86. The van der Waals surface area contributed by atoms with Crippen LogP contribution >= 0.6 is 15.9 Å². The molecule has 1 heterocycles. The molecule has 1 aromatic heterocycles. The second-order valence-corrected chi connectivity index (χ2v) is 5.12. The molecular formula is C15H13BrN2O. The first kappa shape index (κ1) is 13.6. The van der Waals surface area contributed by atoms with Crippen LogP contribution in [0.1, 0.15) is 18.9 Å². The Bertz CT molecular complexity index is 681. The third-order valence-corrected chi connectivity index (χ3v) is 3.41. The molecule has 0 fully saturated rings. The highest BCUT2D eigenvalue weighted by atomic mass is 79.9. The maximum absolute atomic E-state index is 12.2. The Labute approximate surface area is 120 Å². The second-order valence-electron chi connectivity index (χ2n) is 4.21. The Morgan fingerprint density at radius 2 is 1.89 bits per heavy atom. The number of hydrogen-bond acceptors (Lipinski definition) is 2. The van der Waals surface area contributed by atoms with Gasteiger partial charge in [0.25, 0.3) is 5.56 Å². The number of halogens is 1. The lowest BCUT2D eigenvalue weighted by molar-refractivity contribution is 0.659. The normalized spacial score (nSPS) is 10.2. The fraction of sp³-hybridized carbons (Fsp3) is 0.200. The Balaban J connectivity index is 2.63. The lowest BCUT2D eigenvalue weighted by Gasteiger charge is -2.12. The van der Waals surface area contributed by atoms with Gasteiger partial charge in [-0.05, 0) is 36.2 Å². The van der Waals surface area contributed by atoms with E-state index in [-0.39, 0.29) is 11.1 Å². The second kappa shape index (κ2) is 5.85. The summed E-state index contributed by atoms with van der Waals surface area (Å²) in [5, 5.41) is 8.94. The first-order valence-electron chi connectivity index (χ1n) is 6.07. The van der Waals surface area contributed by atoms with Gasteiger partial charge in [0.2, 0.25) is 0 Å². The molecule has 96 valence electrons. The fourth-order valence-corrected chi connectivity index (χ4v) is 2.25. The van der Waals surface area contributed by atoms with Crippen LogP contribution < -0.4 is 5.56 Å². The van der Waals surface area contributed by atoms with E-state index in [9.17, 15) is 4.79 Å². The molecule has 1 aromatic carbocycles. The van der Waals surface area contributed by atoms with Crippen molar-refractivity contribution in [3.63, 3.8) is 0 Å². The predicted molar refractivity (Wildman–Crippen MR) is 78.8 cm³/mol. The summed E-state index contributed by atoms with van der Waals surface area (Å²) in [4.78, 5) is 12.2. The lowest BCUT2D eigenvalue weighted by atomic mass is 10.1. The highest BCUT2D eigenvalue weighted by molar-refractivity contribution is 9.10. The van der Waals surface area contributed by atoms with Crippen molar-refractivity contribution in [3.8, 4) is 17.3 Å². The Morgan fingerprint density at radius 3 is 2.47 bits per heavy atom. The lowest BCUT2D eigenvalue weighted by Crippen LogP contribution is -2.23. The minimum Gasteiger partial charge on any atom is -0.307 e. The van der Waals surface area contributed by atoms with Gasteiger partial charge in [-0.2, -0.15) is 5.26 Å². The molecule has 0 unspecified atom stereocenters. The average Bonchev–Trinajstić information content (AvgIpc) is 2.42. The van der Waals surface area contributed by atoms with Crippen LogP contribution in [0.25, 0.3) is 11.3 Å². The zero-order valence-electron chi connectivity index (χ0n) is 10.6. The highest BCUT2D eigenvalue weighted by Crippen LogP contribution is 2.21. The van der Waals surface area contributed by atoms with Crippen molar-refractivity contribution in [2.24, 2.45) is 0 Å². The maximum Gasteiger partial charge on any atom is 0.268 e. The molecular weight excluding hydrogens is 304 g/mol. The van der Waals surface area contributed by atoms with E-state index in [2.05, 4.69) is 15.9 Å². The van der Waals surface area contributed by atoms with Crippen LogP contribution in [0.15, 0.2) is 45.7 Å². The van der Waals surface area contributed by atoms with Crippen molar-refractivity contribution in [3.05, 3.63) is 56.8 Å².